The van der Waals surface area contributed by atoms with Gasteiger partial charge in [-0.05, 0) is 16.0 Å². The van der Waals surface area contributed by atoms with Crippen LogP contribution in [0, 0.1) is 0 Å². The number of rotatable bonds is 6. The van der Waals surface area contributed by atoms with E-state index in [1.807, 2.05) is 10.7 Å². The van der Waals surface area contributed by atoms with Crippen molar-refractivity contribution in [3.8, 4) is 0 Å². The van der Waals surface area contributed by atoms with E-state index < -0.39 is 0 Å². The zero-order valence-corrected chi connectivity index (χ0v) is 14.2. The summed E-state index contributed by atoms with van der Waals surface area (Å²) < 4.78 is 1.99. The Kier molecular flexibility index (Phi) is 5.35. The van der Waals surface area contributed by atoms with Crippen LogP contribution in [0.15, 0.2) is 30.3 Å². The van der Waals surface area contributed by atoms with E-state index in [0.717, 1.165) is 25.2 Å². The second-order valence-corrected chi connectivity index (χ2v) is 6.64. The number of likely N-dealkylation sites (N-methyl/N-ethyl adjacent to an activating group) is 1. The van der Waals surface area contributed by atoms with Gasteiger partial charge >= 0.3 is 0 Å². The number of quaternary nitrogens is 2. The molecule has 6 nitrogen and oxygen atoms in total. The van der Waals surface area contributed by atoms with Crippen LogP contribution in [0.3, 0.4) is 0 Å². The van der Waals surface area contributed by atoms with E-state index in [-0.39, 0.29) is 0 Å². The topological polar surface area (TPSA) is 52.5 Å². The Labute approximate surface area is 138 Å². The highest BCUT2D eigenvalue weighted by molar-refractivity contribution is 5.15. The summed E-state index contributed by atoms with van der Waals surface area (Å²) in [6.07, 6.45) is 2.30. The predicted molar refractivity (Wildman–Crippen MR) is 88.3 cm³/mol. The summed E-state index contributed by atoms with van der Waals surface area (Å²) in [4.78, 5) is 3.27. The van der Waals surface area contributed by atoms with Crippen molar-refractivity contribution in [2.45, 2.75) is 32.4 Å². The fourth-order valence-corrected chi connectivity index (χ4v) is 3.48. The minimum Gasteiger partial charge on any atom is -0.328 e. The van der Waals surface area contributed by atoms with Crippen molar-refractivity contribution in [3.63, 3.8) is 0 Å². The lowest BCUT2D eigenvalue weighted by atomic mass is 10.1. The van der Waals surface area contributed by atoms with Gasteiger partial charge in [0.1, 0.15) is 32.2 Å². The van der Waals surface area contributed by atoms with Crippen LogP contribution in [0.1, 0.15) is 37.2 Å². The molecule has 1 aromatic heterocycles. The van der Waals surface area contributed by atoms with Crippen LogP contribution < -0.4 is 9.80 Å². The molecule has 2 N–H and O–H groups in total. The molecule has 0 bridgehead atoms. The zero-order chi connectivity index (χ0) is 16.1. The van der Waals surface area contributed by atoms with Crippen molar-refractivity contribution in [3.05, 3.63) is 41.7 Å². The standard InChI is InChI=1S/C17H26N6/c1-3-7-16(22-12-10-21(2)11-13-22)17-18-19-20-23(17)14-15-8-5-4-6-9-15/h4-6,8-9,16H,3,7,10-14H2,1-2H3/p+2/t16-/m0/s1. The Morgan fingerprint density at radius 2 is 1.87 bits per heavy atom. The van der Waals surface area contributed by atoms with E-state index in [9.17, 15) is 0 Å². The van der Waals surface area contributed by atoms with Crippen LogP contribution in [-0.2, 0) is 6.54 Å². The number of nitrogens with zero attached hydrogens (tertiary/aromatic N) is 4. The molecule has 0 amide bonds. The number of hydrogen-bond donors (Lipinski definition) is 2. The van der Waals surface area contributed by atoms with Crippen LogP contribution in [0.4, 0.5) is 0 Å². The summed E-state index contributed by atoms with van der Waals surface area (Å²) in [6, 6.07) is 10.8. The fraction of sp³-hybridized carbons (Fsp3) is 0.588. The molecule has 1 saturated heterocycles. The molecule has 6 heteroatoms. The minimum atomic E-state index is 0.409. The SMILES string of the molecule is CCC[C@@H](c1nnnn1Cc1ccccc1)[NH+]1CC[NH+](C)CC1. The maximum absolute atomic E-state index is 4.40. The molecule has 1 fully saturated rings. The molecule has 0 saturated carbocycles. The lowest BCUT2D eigenvalue weighted by molar-refractivity contribution is -1.02. The number of benzene rings is 1. The summed E-state index contributed by atoms with van der Waals surface area (Å²) in [6.45, 7) is 7.87. The lowest BCUT2D eigenvalue weighted by Crippen LogP contribution is -3.27. The number of piperazine rings is 1. The third-order valence-electron chi connectivity index (χ3n) is 4.86. The van der Waals surface area contributed by atoms with Gasteiger partial charge in [0.15, 0.2) is 0 Å². The molecule has 0 radical (unpaired) electrons. The summed E-state index contributed by atoms with van der Waals surface area (Å²) in [5.74, 6) is 1.05. The van der Waals surface area contributed by atoms with Gasteiger partial charge in [-0.2, -0.15) is 0 Å². The van der Waals surface area contributed by atoms with Crippen molar-refractivity contribution in [2.75, 3.05) is 33.2 Å². The van der Waals surface area contributed by atoms with Crippen molar-refractivity contribution in [1.29, 1.82) is 0 Å². The number of tetrazole rings is 1. The zero-order valence-electron chi connectivity index (χ0n) is 14.2. The molecule has 1 aromatic carbocycles. The van der Waals surface area contributed by atoms with Gasteiger partial charge in [0, 0.05) is 6.42 Å². The maximum Gasteiger partial charge on any atom is 0.209 e. The van der Waals surface area contributed by atoms with Crippen molar-refractivity contribution < 1.29 is 9.80 Å². The van der Waals surface area contributed by atoms with Gasteiger partial charge in [0.05, 0.1) is 13.6 Å². The molecule has 2 aromatic rings. The third-order valence-corrected chi connectivity index (χ3v) is 4.86. The highest BCUT2D eigenvalue weighted by Gasteiger charge is 2.32. The highest BCUT2D eigenvalue weighted by Crippen LogP contribution is 2.13. The molecular weight excluding hydrogens is 288 g/mol. The van der Waals surface area contributed by atoms with Gasteiger partial charge in [0.2, 0.25) is 5.82 Å². The first-order chi connectivity index (χ1) is 11.3. The Morgan fingerprint density at radius 3 is 2.57 bits per heavy atom. The third kappa shape index (κ3) is 3.95. The predicted octanol–water partition coefficient (Wildman–Crippen LogP) is -1.02. The van der Waals surface area contributed by atoms with E-state index in [2.05, 4.69) is 53.8 Å². The lowest BCUT2D eigenvalue weighted by Gasteiger charge is -2.32. The van der Waals surface area contributed by atoms with E-state index in [1.165, 1.54) is 31.7 Å². The molecule has 124 valence electrons. The first-order valence-electron chi connectivity index (χ1n) is 8.73. The Balaban J connectivity index is 1.79. The largest absolute Gasteiger partial charge is 0.328 e. The fourth-order valence-electron chi connectivity index (χ4n) is 3.48. The minimum absolute atomic E-state index is 0.409. The number of aromatic nitrogens is 4. The highest BCUT2D eigenvalue weighted by atomic mass is 15.6. The molecule has 23 heavy (non-hydrogen) atoms. The summed E-state index contributed by atoms with van der Waals surface area (Å²) in [5, 5.41) is 12.6. The monoisotopic (exact) mass is 316 g/mol. The van der Waals surface area contributed by atoms with Crippen LogP contribution in [0.5, 0.6) is 0 Å². The summed E-state index contributed by atoms with van der Waals surface area (Å²) in [7, 11) is 2.28. The summed E-state index contributed by atoms with van der Waals surface area (Å²) in [5.41, 5.74) is 1.24. The Morgan fingerprint density at radius 1 is 1.13 bits per heavy atom. The first kappa shape index (κ1) is 16.1. The van der Waals surface area contributed by atoms with Crippen molar-refractivity contribution >= 4 is 0 Å². The normalized spacial score (nSPS) is 22.9. The molecular formula is C17H28N6+2. The van der Waals surface area contributed by atoms with E-state index in [1.54, 1.807) is 9.80 Å². The number of hydrogen-bond acceptors (Lipinski definition) is 3. The molecule has 1 atom stereocenters. The maximum atomic E-state index is 4.40. The summed E-state index contributed by atoms with van der Waals surface area (Å²) >= 11 is 0. The second kappa shape index (κ2) is 7.66. The quantitative estimate of drug-likeness (QED) is 0.717. The number of nitrogens with one attached hydrogen (secondary N) is 2. The van der Waals surface area contributed by atoms with Gasteiger partial charge in [0.25, 0.3) is 0 Å². The first-order valence-corrected chi connectivity index (χ1v) is 8.73. The molecule has 3 rings (SSSR count). The van der Waals surface area contributed by atoms with Gasteiger partial charge < -0.3 is 9.80 Å². The molecule has 1 aliphatic heterocycles. The van der Waals surface area contributed by atoms with Gasteiger partial charge in [-0.15, -0.1) is 5.10 Å². The molecule has 0 aliphatic carbocycles. The van der Waals surface area contributed by atoms with Crippen LogP contribution >= 0.6 is 0 Å². The Bertz CT molecular complexity index is 588. The van der Waals surface area contributed by atoms with Gasteiger partial charge in [-0.25, -0.2) is 4.68 Å². The average molecular weight is 316 g/mol. The van der Waals surface area contributed by atoms with Crippen molar-refractivity contribution in [2.24, 2.45) is 0 Å². The second-order valence-electron chi connectivity index (χ2n) is 6.64. The van der Waals surface area contributed by atoms with Crippen LogP contribution in [0.25, 0.3) is 0 Å². The van der Waals surface area contributed by atoms with E-state index >= 15 is 0 Å². The smallest absolute Gasteiger partial charge is 0.209 e. The molecule has 2 heterocycles. The van der Waals surface area contributed by atoms with Crippen LogP contribution in [0.2, 0.25) is 0 Å². The van der Waals surface area contributed by atoms with E-state index in [4.69, 9.17) is 0 Å². The average Bonchev–Trinajstić information content (AvgIpc) is 3.02. The van der Waals surface area contributed by atoms with Gasteiger partial charge in [-0.3, -0.25) is 0 Å². The van der Waals surface area contributed by atoms with Crippen LogP contribution in [-0.4, -0.2) is 53.4 Å². The van der Waals surface area contributed by atoms with Crippen molar-refractivity contribution in [1.82, 2.24) is 20.2 Å². The van der Waals surface area contributed by atoms with Gasteiger partial charge in [-0.1, -0.05) is 43.7 Å². The molecule has 0 spiro atoms. The molecule has 1 aliphatic rings. The van der Waals surface area contributed by atoms with E-state index in [0.29, 0.717) is 6.04 Å². The Hall–Kier alpha value is -1.79. The molecule has 0 unspecified atom stereocenters.